The summed E-state index contributed by atoms with van der Waals surface area (Å²) in [6.45, 7) is 1.97. The fourth-order valence-electron chi connectivity index (χ4n) is 2.55. The predicted molar refractivity (Wildman–Crippen MR) is 86.2 cm³/mol. The van der Waals surface area contributed by atoms with E-state index in [1.165, 1.54) is 18.2 Å². The van der Waals surface area contributed by atoms with Crippen molar-refractivity contribution in [2.45, 2.75) is 50.6 Å². The van der Waals surface area contributed by atoms with Crippen LogP contribution in [0.2, 0.25) is 0 Å². The van der Waals surface area contributed by atoms with Crippen molar-refractivity contribution < 1.29 is 18.8 Å². The number of hydrogen-bond acceptors (Lipinski definition) is 3. The molecule has 0 spiro atoms. The fraction of sp³-hybridized carbons (Fsp3) is 0.471. The van der Waals surface area contributed by atoms with Crippen molar-refractivity contribution >= 4 is 17.7 Å². The average Bonchev–Trinajstić information content (AvgIpc) is 3.26. The molecule has 24 heavy (non-hydrogen) atoms. The van der Waals surface area contributed by atoms with E-state index < -0.39 is 29.6 Å². The summed E-state index contributed by atoms with van der Waals surface area (Å²) in [5.74, 6) is -2.00. The van der Waals surface area contributed by atoms with Gasteiger partial charge in [0.05, 0.1) is 12.8 Å². The molecule has 3 amide bonds. The number of carbonyl (C=O) groups excluding carboxylic acids is 3. The molecule has 4 N–H and O–H groups in total. The van der Waals surface area contributed by atoms with Gasteiger partial charge in [0.2, 0.25) is 17.7 Å². The topological polar surface area (TPSA) is 101 Å². The molecule has 2 rings (SSSR count). The summed E-state index contributed by atoms with van der Waals surface area (Å²) >= 11 is 0. The van der Waals surface area contributed by atoms with E-state index in [2.05, 4.69) is 10.6 Å². The Morgan fingerprint density at radius 1 is 1.33 bits per heavy atom. The minimum absolute atomic E-state index is 0.0841. The highest BCUT2D eigenvalue weighted by Gasteiger charge is 2.43. The van der Waals surface area contributed by atoms with E-state index in [1.807, 2.05) is 6.92 Å². The molecular weight excluding hydrogens is 313 g/mol. The molecule has 1 aliphatic rings. The first-order chi connectivity index (χ1) is 11.3. The first-order valence-electron chi connectivity index (χ1n) is 7.98. The molecule has 1 fully saturated rings. The molecule has 0 radical (unpaired) electrons. The van der Waals surface area contributed by atoms with E-state index in [0.29, 0.717) is 5.56 Å². The van der Waals surface area contributed by atoms with Crippen LogP contribution in [-0.2, 0) is 20.8 Å². The van der Waals surface area contributed by atoms with Crippen LogP contribution >= 0.6 is 0 Å². The maximum atomic E-state index is 13.2. The van der Waals surface area contributed by atoms with E-state index in [-0.39, 0.29) is 18.4 Å². The monoisotopic (exact) mass is 335 g/mol. The molecule has 0 aliphatic heterocycles. The minimum atomic E-state index is -1.02. The van der Waals surface area contributed by atoms with Crippen LogP contribution < -0.4 is 16.4 Å². The third kappa shape index (κ3) is 5.04. The van der Waals surface area contributed by atoms with Gasteiger partial charge in [-0.25, -0.2) is 4.39 Å². The maximum absolute atomic E-state index is 13.2. The second-order valence-corrected chi connectivity index (χ2v) is 6.22. The number of primary amides is 1. The van der Waals surface area contributed by atoms with E-state index >= 15 is 0 Å². The van der Waals surface area contributed by atoms with Crippen molar-refractivity contribution in [1.29, 1.82) is 0 Å². The second-order valence-electron chi connectivity index (χ2n) is 6.22. The van der Waals surface area contributed by atoms with Crippen molar-refractivity contribution in [3.05, 3.63) is 35.6 Å². The highest BCUT2D eigenvalue weighted by atomic mass is 19.1. The van der Waals surface area contributed by atoms with Gasteiger partial charge in [-0.1, -0.05) is 19.1 Å². The van der Waals surface area contributed by atoms with Gasteiger partial charge in [0.1, 0.15) is 11.9 Å². The number of nitrogens with one attached hydrogen (secondary N) is 2. The van der Waals surface area contributed by atoms with Crippen LogP contribution in [0.25, 0.3) is 0 Å². The van der Waals surface area contributed by atoms with Gasteiger partial charge in [-0.2, -0.15) is 0 Å². The molecule has 130 valence electrons. The van der Waals surface area contributed by atoms with Crippen LogP contribution in [0.15, 0.2) is 24.3 Å². The number of carbonyl (C=O) groups is 3. The van der Waals surface area contributed by atoms with E-state index in [9.17, 15) is 18.8 Å². The molecule has 1 saturated carbocycles. The molecule has 1 aromatic carbocycles. The highest BCUT2D eigenvalue weighted by Crippen LogP contribution is 2.38. The number of rotatable bonds is 8. The van der Waals surface area contributed by atoms with Crippen LogP contribution in [0.4, 0.5) is 4.39 Å². The molecule has 1 atom stereocenters. The lowest BCUT2D eigenvalue weighted by atomic mass is 10.1. The van der Waals surface area contributed by atoms with Crippen molar-refractivity contribution in [2.24, 2.45) is 5.73 Å². The molecule has 0 saturated heterocycles. The maximum Gasteiger partial charge on any atom is 0.243 e. The Labute approximate surface area is 140 Å². The molecule has 1 aromatic rings. The first kappa shape index (κ1) is 17.9. The summed E-state index contributed by atoms with van der Waals surface area (Å²) in [4.78, 5) is 35.6. The van der Waals surface area contributed by atoms with Crippen molar-refractivity contribution in [1.82, 2.24) is 10.6 Å². The lowest BCUT2D eigenvalue weighted by Crippen LogP contribution is -2.52. The van der Waals surface area contributed by atoms with Crippen LogP contribution in [0.1, 0.15) is 38.2 Å². The molecular formula is C17H22FN3O3. The number of halogens is 1. The first-order valence-corrected chi connectivity index (χ1v) is 7.98. The summed E-state index contributed by atoms with van der Waals surface area (Å²) in [7, 11) is 0. The zero-order chi connectivity index (χ0) is 17.7. The number of benzene rings is 1. The largest absolute Gasteiger partial charge is 0.370 e. The summed E-state index contributed by atoms with van der Waals surface area (Å²) < 4.78 is 13.2. The zero-order valence-corrected chi connectivity index (χ0v) is 13.6. The Morgan fingerprint density at radius 3 is 2.58 bits per heavy atom. The van der Waals surface area contributed by atoms with Gasteiger partial charge in [0.15, 0.2) is 0 Å². The third-order valence-electron chi connectivity index (χ3n) is 4.23. The quantitative estimate of drug-likeness (QED) is 0.654. The minimum Gasteiger partial charge on any atom is -0.370 e. The zero-order valence-electron chi connectivity index (χ0n) is 13.6. The Morgan fingerprint density at radius 2 is 2.04 bits per heavy atom. The Hall–Kier alpha value is -2.44. The summed E-state index contributed by atoms with van der Waals surface area (Å²) in [5, 5.41) is 5.40. The average molecular weight is 335 g/mol. The Bertz CT molecular complexity index is 644. The van der Waals surface area contributed by atoms with Crippen LogP contribution in [0, 0.1) is 5.82 Å². The van der Waals surface area contributed by atoms with E-state index in [0.717, 1.165) is 19.3 Å². The van der Waals surface area contributed by atoms with Crippen molar-refractivity contribution in [2.75, 3.05) is 0 Å². The molecule has 0 heterocycles. The lowest BCUT2D eigenvalue weighted by molar-refractivity contribution is -0.131. The highest BCUT2D eigenvalue weighted by molar-refractivity contribution is 5.92. The van der Waals surface area contributed by atoms with Gasteiger partial charge >= 0.3 is 0 Å². The second kappa shape index (κ2) is 7.42. The van der Waals surface area contributed by atoms with Crippen LogP contribution in [0.5, 0.6) is 0 Å². The molecule has 1 aliphatic carbocycles. The molecule has 0 bridgehead atoms. The van der Waals surface area contributed by atoms with Crippen LogP contribution in [-0.4, -0.2) is 29.3 Å². The normalized spacial score (nSPS) is 16.1. The number of nitrogens with two attached hydrogens (primary N) is 1. The SMILES string of the molecule is CCC1(NC(=O)C(CC(N)=O)NC(=O)Cc2cccc(F)c2)CC1. The van der Waals surface area contributed by atoms with E-state index in [4.69, 9.17) is 5.73 Å². The van der Waals surface area contributed by atoms with Crippen LogP contribution in [0.3, 0.4) is 0 Å². The summed E-state index contributed by atoms with van der Waals surface area (Å²) in [5.41, 5.74) is 5.43. The van der Waals surface area contributed by atoms with Gasteiger partial charge in [-0.05, 0) is 37.0 Å². The van der Waals surface area contributed by atoms with Gasteiger partial charge in [-0.15, -0.1) is 0 Å². The van der Waals surface area contributed by atoms with Gasteiger partial charge < -0.3 is 16.4 Å². The summed E-state index contributed by atoms with van der Waals surface area (Å²) in [6, 6.07) is 4.63. The van der Waals surface area contributed by atoms with Gasteiger partial charge in [0, 0.05) is 5.54 Å². The number of hydrogen-bond donors (Lipinski definition) is 3. The standard InChI is InChI=1S/C17H22FN3O3/c1-2-17(6-7-17)21-16(24)13(10-14(19)22)20-15(23)9-11-4-3-5-12(18)8-11/h3-5,8,13H,2,6-7,9-10H2,1H3,(H2,19,22)(H,20,23)(H,21,24). The van der Waals surface area contributed by atoms with Crippen molar-refractivity contribution in [3.63, 3.8) is 0 Å². The number of amides is 3. The van der Waals surface area contributed by atoms with Gasteiger partial charge in [0.25, 0.3) is 0 Å². The third-order valence-corrected chi connectivity index (χ3v) is 4.23. The summed E-state index contributed by atoms with van der Waals surface area (Å²) in [6.07, 6.45) is 2.20. The Balaban J connectivity index is 1.98. The smallest absolute Gasteiger partial charge is 0.243 e. The fourth-order valence-corrected chi connectivity index (χ4v) is 2.55. The van der Waals surface area contributed by atoms with Crippen molar-refractivity contribution in [3.8, 4) is 0 Å². The van der Waals surface area contributed by atoms with E-state index in [1.54, 1.807) is 6.07 Å². The molecule has 6 nitrogen and oxygen atoms in total. The lowest BCUT2D eigenvalue weighted by Gasteiger charge is -2.21. The van der Waals surface area contributed by atoms with Gasteiger partial charge in [-0.3, -0.25) is 14.4 Å². The molecule has 0 aromatic heterocycles. The molecule has 1 unspecified atom stereocenters. The molecule has 7 heteroatoms. The predicted octanol–water partition coefficient (Wildman–Crippen LogP) is 0.787. The Kier molecular flexibility index (Phi) is 5.54.